The highest BCUT2D eigenvalue weighted by molar-refractivity contribution is 8.14. The second kappa shape index (κ2) is 9.91. The zero-order valence-corrected chi connectivity index (χ0v) is 18.8. The zero-order valence-electron chi connectivity index (χ0n) is 18.0. The van der Waals surface area contributed by atoms with Gasteiger partial charge in [0.1, 0.15) is 5.70 Å². The largest absolute Gasteiger partial charge is 0.465 e. The smallest absolute Gasteiger partial charge is 0.316 e. The van der Waals surface area contributed by atoms with Gasteiger partial charge in [-0.1, -0.05) is 48.9 Å². The van der Waals surface area contributed by atoms with Crippen LogP contribution in [0.15, 0.2) is 53.2 Å². The Kier molecular flexibility index (Phi) is 6.80. The zero-order chi connectivity index (χ0) is 22.5. The second-order valence-corrected chi connectivity index (χ2v) is 8.32. The minimum Gasteiger partial charge on any atom is -0.465 e. The first-order valence-corrected chi connectivity index (χ1v) is 11.4. The third-order valence-electron chi connectivity index (χ3n) is 4.90. The first kappa shape index (κ1) is 22.0. The fourth-order valence-electron chi connectivity index (χ4n) is 3.17. The van der Waals surface area contributed by atoms with Gasteiger partial charge in [0.25, 0.3) is 5.91 Å². The van der Waals surface area contributed by atoms with Crippen LogP contribution in [0, 0.1) is 6.92 Å². The second-order valence-electron chi connectivity index (χ2n) is 7.38. The van der Waals surface area contributed by atoms with E-state index in [0.717, 1.165) is 24.0 Å². The minimum absolute atomic E-state index is 0.0789. The van der Waals surface area contributed by atoms with Gasteiger partial charge in [-0.2, -0.15) is 0 Å². The van der Waals surface area contributed by atoms with E-state index in [9.17, 15) is 9.59 Å². The van der Waals surface area contributed by atoms with Crippen LogP contribution >= 0.6 is 11.8 Å². The Hall–Kier alpha value is -3.26. The standard InChI is InChI=1S/C24H24N2O5S/c1-3-4-11-29-22(27)14-32-24-25-19(12-17-7-10-20-21(13-17)31-15-30-20)23(28)26(24)18-8-5-16(2)6-9-18/h5-10,12-13H,3-4,11,14-15H2,1-2H3/b19-12-. The molecule has 0 unspecified atom stereocenters. The van der Waals surface area contributed by atoms with Crippen molar-refractivity contribution in [1.82, 2.24) is 0 Å². The van der Waals surface area contributed by atoms with Gasteiger partial charge in [0.2, 0.25) is 6.79 Å². The van der Waals surface area contributed by atoms with E-state index in [1.54, 1.807) is 12.1 Å². The quantitative estimate of drug-likeness (QED) is 0.349. The number of fused-ring (bicyclic) bond motifs is 1. The van der Waals surface area contributed by atoms with Gasteiger partial charge in [-0.05, 0) is 49.2 Å². The van der Waals surface area contributed by atoms with Crippen molar-refractivity contribution in [3.8, 4) is 11.5 Å². The van der Waals surface area contributed by atoms with E-state index < -0.39 is 0 Å². The van der Waals surface area contributed by atoms with Gasteiger partial charge in [-0.25, -0.2) is 4.99 Å². The van der Waals surface area contributed by atoms with Crippen molar-refractivity contribution < 1.29 is 23.8 Å². The van der Waals surface area contributed by atoms with Crippen molar-refractivity contribution >= 4 is 40.6 Å². The van der Waals surface area contributed by atoms with Crippen molar-refractivity contribution in [2.75, 3.05) is 24.1 Å². The molecule has 0 saturated carbocycles. The number of nitrogens with zero attached hydrogens (tertiary/aromatic N) is 2. The highest BCUT2D eigenvalue weighted by atomic mass is 32.2. The molecule has 0 spiro atoms. The van der Waals surface area contributed by atoms with Crippen LogP contribution in [0.25, 0.3) is 6.08 Å². The van der Waals surface area contributed by atoms with Crippen LogP contribution in [0.4, 0.5) is 5.69 Å². The van der Waals surface area contributed by atoms with Gasteiger partial charge in [-0.15, -0.1) is 0 Å². The Balaban J connectivity index is 1.57. The molecule has 2 heterocycles. The fraction of sp³-hybridized carbons (Fsp3) is 0.292. The maximum absolute atomic E-state index is 13.3. The van der Waals surface area contributed by atoms with Gasteiger partial charge in [0.15, 0.2) is 16.7 Å². The fourth-order valence-corrected chi connectivity index (χ4v) is 3.98. The molecule has 2 aliphatic heterocycles. The summed E-state index contributed by atoms with van der Waals surface area (Å²) in [5.41, 5.74) is 2.84. The molecule has 4 rings (SSSR count). The number of hydrogen-bond donors (Lipinski definition) is 0. The van der Waals surface area contributed by atoms with Crippen molar-refractivity contribution in [1.29, 1.82) is 0 Å². The maximum Gasteiger partial charge on any atom is 0.316 e. The molecule has 1 amide bonds. The summed E-state index contributed by atoms with van der Waals surface area (Å²) >= 11 is 1.19. The van der Waals surface area contributed by atoms with E-state index in [2.05, 4.69) is 4.99 Å². The third-order valence-corrected chi connectivity index (χ3v) is 5.81. The summed E-state index contributed by atoms with van der Waals surface area (Å²) in [7, 11) is 0. The summed E-state index contributed by atoms with van der Waals surface area (Å²) in [6.45, 7) is 4.60. The predicted octanol–water partition coefficient (Wildman–Crippen LogP) is 4.54. The SMILES string of the molecule is CCCCOC(=O)CSC1=N/C(=C\c2ccc3c(c2)OCO3)C(=O)N1c1ccc(C)cc1. The summed E-state index contributed by atoms with van der Waals surface area (Å²) in [5, 5.41) is 0.443. The lowest BCUT2D eigenvalue weighted by atomic mass is 10.1. The Morgan fingerprint density at radius 1 is 1.19 bits per heavy atom. The summed E-state index contributed by atoms with van der Waals surface area (Å²) in [6.07, 6.45) is 3.49. The third kappa shape index (κ3) is 4.96. The highest BCUT2D eigenvalue weighted by Crippen LogP contribution is 2.34. The number of amides is 1. The van der Waals surface area contributed by atoms with E-state index in [-0.39, 0.29) is 30.1 Å². The predicted molar refractivity (Wildman–Crippen MR) is 125 cm³/mol. The molecule has 0 bridgehead atoms. The highest BCUT2D eigenvalue weighted by Gasteiger charge is 2.32. The molecule has 166 valence electrons. The number of anilines is 1. The number of ether oxygens (including phenoxy) is 3. The first-order valence-electron chi connectivity index (χ1n) is 10.4. The van der Waals surface area contributed by atoms with Crippen molar-refractivity contribution in [2.45, 2.75) is 26.7 Å². The molecule has 2 aliphatic rings. The number of hydrogen-bond acceptors (Lipinski definition) is 7. The lowest BCUT2D eigenvalue weighted by molar-refractivity contribution is -0.140. The summed E-state index contributed by atoms with van der Waals surface area (Å²) in [6, 6.07) is 13.1. The summed E-state index contributed by atoms with van der Waals surface area (Å²) in [4.78, 5) is 31.4. The Labute approximate surface area is 191 Å². The normalized spacial score (nSPS) is 15.9. The molecular weight excluding hydrogens is 428 g/mol. The number of carbonyl (C=O) groups is 2. The van der Waals surface area contributed by atoms with Crippen molar-refractivity contribution in [3.05, 3.63) is 59.3 Å². The molecule has 0 aliphatic carbocycles. The Morgan fingerprint density at radius 2 is 1.97 bits per heavy atom. The van der Waals surface area contributed by atoms with Gasteiger partial charge < -0.3 is 14.2 Å². The molecule has 7 nitrogen and oxygen atoms in total. The molecule has 0 aromatic heterocycles. The van der Waals surface area contributed by atoms with Crippen LogP contribution in [0.2, 0.25) is 0 Å². The number of esters is 1. The number of carbonyl (C=O) groups excluding carboxylic acids is 2. The van der Waals surface area contributed by atoms with Gasteiger partial charge in [0.05, 0.1) is 18.0 Å². The Bertz CT molecular complexity index is 1080. The van der Waals surface area contributed by atoms with Gasteiger partial charge in [0, 0.05) is 0 Å². The number of amidine groups is 1. The van der Waals surface area contributed by atoms with E-state index in [4.69, 9.17) is 14.2 Å². The molecule has 8 heteroatoms. The van der Waals surface area contributed by atoms with Crippen LogP contribution in [0.1, 0.15) is 30.9 Å². The lowest BCUT2D eigenvalue weighted by Crippen LogP contribution is -2.31. The molecule has 0 saturated heterocycles. The summed E-state index contributed by atoms with van der Waals surface area (Å²) in [5.74, 6) is 0.806. The van der Waals surface area contributed by atoms with Gasteiger partial charge >= 0.3 is 5.97 Å². The van der Waals surface area contributed by atoms with E-state index >= 15 is 0 Å². The van der Waals surface area contributed by atoms with Crippen molar-refractivity contribution in [3.63, 3.8) is 0 Å². The molecular formula is C24H24N2O5S. The minimum atomic E-state index is -0.323. The monoisotopic (exact) mass is 452 g/mol. The Morgan fingerprint density at radius 3 is 2.75 bits per heavy atom. The topological polar surface area (TPSA) is 77.4 Å². The van der Waals surface area contributed by atoms with Gasteiger partial charge in [-0.3, -0.25) is 14.5 Å². The van der Waals surface area contributed by atoms with E-state index in [1.807, 2.05) is 50.2 Å². The molecule has 0 radical (unpaired) electrons. The molecule has 32 heavy (non-hydrogen) atoms. The maximum atomic E-state index is 13.3. The molecule has 0 fully saturated rings. The number of benzene rings is 2. The van der Waals surface area contributed by atoms with Crippen LogP contribution < -0.4 is 14.4 Å². The van der Waals surface area contributed by atoms with Crippen LogP contribution in [0.3, 0.4) is 0 Å². The van der Waals surface area contributed by atoms with Crippen LogP contribution in [-0.4, -0.2) is 36.2 Å². The number of rotatable bonds is 7. The first-order chi connectivity index (χ1) is 15.5. The molecule has 2 aromatic carbocycles. The molecule has 0 atom stereocenters. The van der Waals surface area contributed by atoms with Crippen molar-refractivity contribution in [2.24, 2.45) is 4.99 Å². The van der Waals surface area contributed by atoms with Crippen LogP contribution in [-0.2, 0) is 14.3 Å². The molecule has 2 aromatic rings. The average Bonchev–Trinajstić information content (AvgIpc) is 3.37. The van der Waals surface area contributed by atoms with E-state index in [0.29, 0.717) is 29.0 Å². The molecule has 0 N–H and O–H groups in total. The van der Waals surface area contributed by atoms with E-state index in [1.165, 1.54) is 16.7 Å². The summed E-state index contributed by atoms with van der Waals surface area (Å²) < 4.78 is 16.0. The van der Waals surface area contributed by atoms with Crippen LogP contribution in [0.5, 0.6) is 11.5 Å². The lowest BCUT2D eigenvalue weighted by Gasteiger charge is -2.17. The number of thioether (sulfide) groups is 1. The average molecular weight is 453 g/mol. The number of aliphatic imine (C=N–C) groups is 1. The number of unbranched alkanes of at least 4 members (excludes halogenated alkanes) is 1. The number of aryl methyl sites for hydroxylation is 1.